The van der Waals surface area contributed by atoms with E-state index in [1.54, 1.807) is 6.07 Å². The third-order valence-corrected chi connectivity index (χ3v) is 3.72. The molecule has 0 atom stereocenters. The summed E-state index contributed by atoms with van der Waals surface area (Å²) in [6, 6.07) is 12.1. The molecule has 3 aromatic rings. The molecule has 0 unspecified atom stereocenters. The SMILES string of the molecule is O=C(O)c1cc(Nc2nc3ccccc3s2)ccc1O. The molecular formula is C14H10N2O3S. The van der Waals surface area contributed by atoms with Gasteiger partial charge < -0.3 is 15.5 Å². The first-order chi connectivity index (χ1) is 9.63. The molecule has 1 aromatic heterocycles. The number of fused-ring (bicyclic) bond motifs is 1. The fourth-order valence-corrected chi connectivity index (χ4v) is 2.72. The maximum Gasteiger partial charge on any atom is 0.339 e. The molecule has 0 aliphatic rings. The number of carboxylic acids is 1. The van der Waals surface area contributed by atoms with E-state index in [1.165, 1.54) is 23.5 Å². The molecular weight excluding hydrogens is 276 g/mol. The predicted octanol–water partition coefficient (Wildman–Crippen LogP) is 3.44. The van der Waals surface area contributed by atoms with Crippen molar-refractivity contribution in [2.24, 2.45) is 0 Å². The Morgan fingerprint density at radius 3 is 2.75 bits per heavy atom. The normalized spacial score (nSPS) is 10.6. The summed E-state index contributed by atoms with van der Waals surface area (Å²) in [7, 11) is 0. The number of phenols is 1. The molecule has 0 saturated heterocycles. The average molecular weight is 286 g/mol. The Balaban J connectivity index is 1.94. The number of hydrogen-bond donors (Lipinski definition) is 3. The van der Waals surface area contributed by atoms with Crippen molar-refractivity contribution in [3.05, 3.63) is 48.0 Å². The minimum atomic E-state index is -1.17. The van der Waals surface area contributed by atoms with Gasteiger partial charge in [0.1, 0.15) is 11.3 Å². The van der Waals surface area contributed by atoms with Gasteiger partial charge in [-0.25, -0.2) is 9.78 Å². The lowest BCUT2D eigenvalue weighted by molar-refractivity contribution is 0.0694. The van der Waals surface area contributed by atoms with Crippen LogP contribution < -0.4 is 5.32 Å². The topological polar surface area (TPSA) is 82.5 Å². The number of carbonyl (C=O) groups is 1. The largest absolute Gasteiger partial charge is 0.507 e. The Morgan fingerprint density at radius 1 is 1.20 bits per heavy atom. The van der Waals surface area contributed by atoms with Gasteiger partial charge in [0.2, 0.25) is 0 Å². The van der Waals surface area contributed by atoms with Crippen molar-refractivity contribution in [1.82, 2.24) is 4.98 Å². The number of aromatic carboxylic acids is 1. The summed E-state index contributed by atoms with van der Waals surface area (Å²) >= 11 is 1.48. The van der Waals surface area contributed by atoms with Crippen molar-refractivity contribution in [2.75, 3.05) is 5.32 Å². The third-order valence-electron chi connectivity index (χ3n) is 2.77. The van der Waals surface area contributed by atoms with Crippen LogP contribution in [0.25, 0.3) is 10.2 Å². The highest BCUT2D eigenvalue weighted by molar-refractivity contribution is 7.22. The maximum absolute atomic E-state index is 11.0. The van der Waals surface area contributed by atoms with Gasteiger partial charge in [0.15, 0.2) is 5.13 Å². The molecule has 20 heavy (non-hydrogen) atoms. The van der Waals surface area contributed by atoms with Crippen LogP contribution in [0.15, 0.2) is 42.5 Å². The second kappa shape index (κ2) is 4.82. The van der Waals surface area contributed by atoms with Crippen LogP contribution in [-0.2, 0) is 0 Å². The van der Waals surface area contributed by atoms with Crippen LogP contribution in [0.5, 0.6) is 5.75 Å². The number of aromatic nitrogens is 1. The zero-order valence-electron chi connectivity index (χ0n) is 10.2. The minimum absolute atomic E-state index is 0.142. The van der Waals surface area contributed by atoms with Crippen LogP contribution in [0, 0.1) is 0 Å². The van der Waals surface area contributed by atoms with Gasteiger partial charge in [0, 0.05) is 5.69 Å². The van der Waals surface area contributed by atoms with Crippen molar-refractivity contribution in [2.45, 2.75) is 0 Å². The quantitative estimate of drug-likeness (QED) is 0.642. The summed E-state index contributed by atoms with van der Waals surface area (Å²) in [5.74, 6) is -1.43. The molecule has 6 heteroatoms. The molecule has 0 aliphatic carbocycles. The number of carboxylic acid groups (broad SMARTS) is 1. The highest BCUT2D eigenvalue weighted by Crippen LogP contribution is 2.29. The number of nitrogens with zero attached hydrogens (tertiary/aromatic N) is 1. The Kier molecular flexibility index (Phi) is 3.00. The van der Waals surface area contributed by atoms with Crippen LogP contribution in [0.3, 0.4) is 0 Å². The second-order valence-corrected chi connectivity index (χ2v) is 5.18. The number of benzene rings is 2. The molecule has 0 fully saturated rings. The Labute approximate surface area is 118 Å². The molecule has 0 aliphatic heterocycles. The Hall–Kier alpha value is -2.60. The van der Waals surface area contributed by atoms with Crippen LogP contribution in [-0.4, -0.2) is 21.2 Å². The van der Waals surface area contributed by atoms with Gasteiger partial charge in [-0.1, -0.05) is 23.5 Å². The van der Waals surface area contributed by atoms with Gasteiger partial charge in [0.05, 0.1) is 10.2 Å². The van der Waals surface area contributed by atoms with E-state index >= 15 is 0 Å². The van der Waals surface area contributed by atoms with Gasteiger partial charge in [-0.2, -0.15) is 0 Å². The van der Waals surface area contributed by atoms with Crippen molar-refractivity contribution in [3.63, 3.8) is 0 Å². The number of hydrogen-bond acceptors (Lipinski definition) is 5. The number of nitrogens with one attached hydrogen (secondary N) is 1. The molecule has 0 radical (unpaired) electrons. The smallest absolute Gasteiger partial charge is 0.339 e. The zero-order chi connectivity index (χ0) is 14.1. The van der Waals surface area contributed by atoms with Gasteiger partial charge in [-0.15, -0.1) is 0 Å². The van der Waals surface area contributed by atoms with E-state index in [1.807, 2.05) is 24.3 Å². The maximum atomic E-state index is 11.0. The molecule has 100 valence electrons. The van der Waals surface area contributed by atoms with E-state index in [0.717, 1.165) is 10.2 Å². The van der Waals surface area contributed by atoms with E-state index in [0.29, 0.717) is 10.8 Å². The van der Waals surface area contributed by atoms with E-state index < -0.39 is 5.97 Å². The van der Waals surface area contributed by atoms with Crippen LogP contribution in [0.1, 0.15) is 10.4 Å². The number of rotatable bonds is 3. The molecule has 5 nitrogen and oxygen atoms in total. The first-order valence-electron chi connectivity index (χ1n) is 5.82. The van der Waals surface area contributed by atoms with Crippen molar-refractivity contribution >= 4 is 38.3 Å². The number of para-hydroxylation sites is 1. The molecule has 3 rings (SSSR count). The lowest BCUT2D eigenvalue weighted by Gasteiger charge is -2.05. The molecule has 1 heterocycles. The summed E-state index contributed by atoms with van der Waals surface area (Å²) in [6.07, 6.45) is 0. The highest BCUT2D eigenvalue weighted by Gasteiger charge is 2.11. The standard InChI is InChI=1S/C14H10N2O3S/c17-11-6-5-8(7-9(11)13(18)19)15-14-16-10-3-1-2-4-12(10)20-14/h1-7,17H,(H,15,16)(H,18,19). The van der Waals surface area contributed by atoms with Crippen molar-refractivity contribution in [3.8, 4) is 5.75 Å². The van der Waals surface area contributed by atoms with Crippen LogP contribution in [0.2, 0.25) is 0 Å². The molecule has 0 bridgehead atoms. The molecule has 0 saturated carbocycles. The van der Waals surface area contributed by atoms with E-state index in [-0.39, 0.29) is 11.3 Å². The zero-order valence-corrected chi connectivity index (χ0v) is 11.0. The second-order valence-electron chi connectivity index (χ2n) is 4.15. The van der Waals surface area contributed by atoms with E-state index in [9.17, 15) is 9.90 Å². The monoisotopic (exact) mass is 286 g/mol. The van der Waals surface area contributed by atoms with Crippen molar-refractivity contribution < 1.29 is 15.0 Å². The minimum Gasteiger partial charge on any atom is -0.507 e. The van der Waals surface area contributed by atoms with Gasteiger partial charge in [-0.05, 0) is 30.3 Å². The Bertz CT molecular complexity index is 765. The summed E-state index contributed by atoms with van der Waals surface area (Å²) in [4.78, 5) is 15.4. The van der Waals surface area contributed by atoms with Crippen molar-refractivity contribution in [1.29, 1.82) is 0 Å². The lowest BCUT2D eigenvalue weighted by atomic mass is 10.2. The van der Waals surface area contributed by atoms with Gasteiger partial charge in [0.25, 0.3) is 0 Å². The van der Waals surface area contributed by atoms with Crippen LogP contribution in [0.4, 0.5) is 10.8 Å². The van der Waals surface area contributed by atoms with Gasteiger partial charge in [-0.3, -0.25) is 0 Å². The molecule has 3 N–H and O–H groups in total. The number of anilines is 2. The summed E-state index contributed by atoms with van der Waals surface area (Å²) in [6.45, 7) is 0. The van der Waals surface area contributed by atoms with Crippen LogP contribution >= 0.6 is 11.3 Å². The predicted molar refractivity (Wildman–Crippen MR) is 78.0 cm³/mol. The van der Waals surface area contributed by atoms with E-state index in [4.69, 9.17) is 5.11 Å². The summed E-state index contributed by atoms with van der Waals surface area (Å²) < 4.78 is 1.05. The average Bonchev–Trinajstić information content (AvgIpc) is 2.82. The fraction of sp³-hybridized carbons (Fsp3) is 0. The lowest BCUT2D eigenvalue weighted by Crippen LogP contribution is -1.98. The fourth-order valence-electron chi connectivity index (χ4n) is 1.83. The first kappa shape index (κ1) is 12.4. The summed E-state index contributed by atoms with van der Waals surface area (Å²) in [5.41, 5.74) is 1.31. The number of thiazole rings is 1. The molecule has 0 amide bonds. The van der Waals surface area contributed by atoms with Gasteiger partial charge >= 0.3 is 5.97 Å². The first-order valence-corrected chi connectivity index (χ1v) is 6.64. The molecule has 2 aromatic carbocycles. The Morgan fingerprint density at radius 2 is 2.00 bits per heavy atom. The molecule has 0 spiro atoms. The van der Waals surface area contributed by atoms with E-state index in [2.05, 4.69) is 10.3 Å². The number of aromatic hydroxyl groups is 1. The third kappa shape index (κ3) is 2.28. The highest BCUT2D eigenvalue weighted by atomic mass is 32.1. The summed E-state index contributed by atoms with van der Waals surface area (Å²) in [5, 5.41) is 22.2.